The van der Waals surface area contributed by atoms with Gasteiger partial charge in [-0.1, -0.05) is 26.8 Å². The topological polar surface area (TPSA) is 68.3 Å². The van der Waals surface area contributed by atoms with Crippen molar-refractivity contribution in [3.8, 4) is 0 Å². The van der Waals surface area contributed by atoms with Crippen molar-refractivity contribution in [1.82, 2.24) is 0 Å². The fourth-order valence-corrected chi connectivity index (χ4v) is 2.23. The van der Waals surface area contributed by atoms with Gasteiger partial charge in [0.05, 0.1) is 5.92 Å². The minimum atomic E-state index is -1.14. The SMILES string of the molecule is C/C1=C/CCC(C)C(=O)C(=O)C(C(C)C)C(=O)C1=O. The predicted molar refractivity (Wildman–Crippen MR) is 70.5 cm³/mol. The normalized spacial score (nSPS) is 29.4. The Kier molecular flexibility index (Phi) is 4.92. The average molecular weight is 264 g/mol. The molecule has 0 radical (unpaired) electrons. The largest absolute Gasteiger partial charge is 0.291 e. The van der Waals surface area contributed by atoms with Gasteiger partial charge in [0.15, 0.2) is 0 Å². The highest BCUT2D eigenvalue weighted by Gasteiger charge is 2.39. The van der Waals surface area contributed by atoms with Crippen LogP contribution in [-0.2, 0) is 19.2 Å². The lowest BCUT2D eigenvalue weighted by Crippen LogP contribution is -2.40. The summed E-state index contributed by atoms with van der Waals surface area (Å²) in [5.41, 5.74) is 0.366. The quantitative estimate of drug-likeness (QED) is 0.536. The molecule has 19 heavy (non-hydrogen) atoms. The number of carbonyl (C=O) groups is 4. The zero-order valence-corrected chi connectivity index (χ0v) is 11.9. The summed E-state index contributed by atoms with van der Waals surface area (Å²) < 4.78 is 0. The van der Waals surface area contributed by atoms with Gasteiger partial charge in [0.25, 0.3) is 0 Å². The molecule has 0 N–H and O–H groups in total. The van der Waals surface area contributed by atoms with Crippen LogP contribution in [0.5, 0.6) is 0 Å². The minimum Gasteiger partial charge on any atom is -0.291 e. The van der Waals surface area contributed by atoms with Crippen molar-refractivity contribution in [1.29, 1.82) is 0 Å². The molecule has 0 aromatic rings. The summed E-state index contributed by atoms with van der Waals surface area (Å²) in [7, 11) is 0. The van der Waals surface area contributed by atoms with Crippen molar-refractivity contribution in [3.05, 3.63) is 11.6 Å². The van der Waals surface area contributed by atoms with E-state index in [9.17, 15) is 19.2 Å². The molecule has 0 aromatic heterocycles. The molecule has 4 nitrogen and oxygen atoms in total. The molecule has 1 aliphatic rings. The molecule has 2 unspecified atom stereocenters. The van der Waals surface area contributed by atoms with E-state index in [4.69, 9.17) is 0 Å². The molecule has 0 aromatic carbocycles. The lowest BCUT2D eigenvalue weighted by atomic mass is 9.79. The molecule has 0 bridgehead atoms. The van der Waals surface area contributed by atoms with Gasteiger partial charge in [0, 0.05) is 5.92 Å². The van der Waals surface area contributed by atoms with Crippen LogP contribution in [0.1, 0.15) is 40.5 Å². The molecule has 0 fully saturated rings. The van der Waals surface area contributed by atoms with Crippen molar-refractivity contribution in [2.24, 2.45) is 17.8 Å². The van der Waals surface area contributed by atoms with Crippen molar-refractivity contribution >= 4 is 23.1 Å². The summed E-state index contributed by atoms with van der Waals surface area (Å²) in [4.78, 5) is 48.2. The highest BCUT2D eigenvalue weighted by Crippen LogP contribution is 2.21. The van der Waals surface area contributed by atoms with E-state index in [2.05, 4.69) is 0 Å². The van der Waals surface area contributed by atoms with Gasteiger partial charge in [-0.05, 0) is 31.3 Å². The molecule has 1 aliphatic carbocycles. The van der Waals surface area contributed by atoms with Gasteiger partial charge >= 0.3 is 0 Å². The molecule has 2 atom stereocenters. The molecular formula is C15H20O4. The first-order valence-electron chi connectivity index (χ1n) is 6.60. The van der Waals surface area contributed by atoms with Crippen LogP contribution in [0.2, 0.25) is 0 Å². The number of ketones is 4. The van der Waals surface area contributed by atoms with E-state index < -0.39 is 35.0 Å². The second-order valence-electron chi connectivity index (χ2n) is 5.51. The second kappa shape index (κ2) is 6.04. The highest BCUT2D eigenvalue weighted by atomic mass is 16.2. The third kappa shape index (κ3) is 3.25. The molecule has 104 valence electrons. The van der Waals surface area contributed by atoms with Crippen LogP contribution in [0, 0.1) is 17.8 Å². The molecule has 0 aliphatic heterocycles. The van der Waals surface area contributed by atoms with Crippen molar-refractivity contribution in [3.63, 3.8) is 0 Å². The molecule has 0 amide bonds. The monoisotopic (exact) mass is 264 g/mol. The Morgan fingerprint density at radius 2 is 1.63 bits per heavy atom. The Hall–Kier alpha value is -1.58. The number of hydrogen-bond donors (Lipinski definition) is 0. The Labute approximate surface area is 113 Å². The highest BCUT2D eigenvalue weighted by molar-refractivity contribution is 6.53. The van der Waals surface area contributed by atoms with Crippen LogP contribution in [0.4, 0.5) is 0 Å². The summed E-state index contributed by atoms with van der Waals surface area (Å²) in [5.74, 6) is -4.54. The summed E-state index contributed by atoms with van der Waals surface area (Å²) in [6, 6.07) is 0. The smallest absolute Gasteiger partial charge is 0.224 e. The van der Waals surface area contributed by atoms with Gasteiger partial charge in [-0.25, -0.2) is 0 Å². The lowest BCUT2D eigenvalue weighted by molar-refractivity contribution is -0.148. The van der Waals surface area contributed by atoms with Crippen LogP contribution in [0.25, 0.3) is 0 Å². The molecule has 4 heteroatoms. The first-order valence-corrected chi connectivity index (χ1v) is 6.60. The molecular weight excluding hydrogens is 244 g/mol. The minimum absolute atomic E-state index is 0.354. The van der Waals surface area contributed by atoms with Crippen molar-refractivity contribution in [2.45, 2.75) is 40.5 Å². The summed E-state index contributed by atoms with van der Waals surface area (Å²) in [6.45, 7) is 6.62. The number of carbonyl (C=O) groups excluding carboxylic acids is 4. The number of rotatable bonds is 1. The number of allylic oxidation sites excluding steroid dienone is 2. The predicted octanol–water partition coefficient (Wildman–Crippen LogP) is 1.91. The molecule has 0 heterocycles. The van der Waals surface area contributed by atoms with Crippen LogP contribution in [0.15, 0.2) is 11.6 Å². The van der Waals surface area contributed by atoms with E-state index >= 15 is 0 Å². The fraction of sp³-hybridized carbons (Fsp3) is 0.600. The van der Waals surface area contributed by atoms with Gasteiger partial charge < -0.3 is 0 Å². The zero-order chi connectivity index (χ0) is 14.7. The Morgan fingerprint density at radius 1 is 1.05 bits per heavy atom. The van der Waals surface area contributed by atoms with Gasteiger partial charge in [0.1, 0.15) is 0 Å². The van der Waals surface area contributed by atoms with Crippen molar-refractivity contribution < 1.29 is 19.2 Å². The fourth-order valence-electron chi connectivity index (χ4n) is 2.23. The van der Waals surface area contributed by atoms with Gasteiger partial charge in [0.2, 0.25) is 23.1 Å². The Balaban J connectivity index is 3.25. The molecule has 1 rings (SSSR count). The first-order chi connectivity index (χ1) is 8.77. The first kappa shape index (κ1) is 15.5. The summed E-state index contributed by atoms with van der Waals surface area (Å²) in [5, 5.41) is 0. The van der Waals surface area contributed by atoms with Crippen LogP contribution >= 0.6 is 0 Å². The van der Waals surface area contributed by atoms with E-state index in [1.165, 1.54) is 0 Å². The van der Waals surface area contributed by atoms with E-state index in [1.807, 2.05) is 0 Å². The number of hydrogen-bond acceptors (Lipinski definition) is 4. The molecule has 0 spiro atoms. The maximum Gasteiger partial charge on any atom is 0.224 e. The number of Topliss-reactive ketones (excluding diaryl/α,β-unsaturated/α-hetero) is 4. The average Bonchev–Trinajstić information content (AvgIpc) is 2.34. The van der Waals surface area contributed by atoms with Crippen molar-refractivity contribution in [2.75, 3.05) is 0 Å². The zero-order valence-electron chi connectivity index (χ0n) is 11.9. The van der Waals surface area contributed by atoms with Crippen LogP contribution in [-0.4, -0.2) is 23.1 Å². The Bertz CT molecular complexity index is 457. The van der Waals surface area contributed by atoms with E-state index in [0.29, 0.717) is 18.4 Å². The summed E-state index contributed by atoms with van der Waals surface area (Å²) >= 11 is 0. The van der Waals surface area contributed by atoms with Crippen LogP contribution < -0.4 is 0 Å². The lowest BCUT2D eigenvalue weighted by Gasteiger charge is -2.20. The maximum absolute atomic E-state index is 12.1. The molecule has 0 saturated heterocycles. The standard InChI is InChI=1S/C15H20O4/c1-8(2)11-14(18)12(16)9(3)6-5-7-10(4)13(17)15(11)19/h6,8,10-11H,5,7H2,1-4H3/b9-6-. The van der Waals surface area contributed by atoms with Gasteiger partial charge in [-0.2, -0.15) is 0 Å². The second-order valence-corrected chi connectivity index (χ2v) is 5.51. The van der Waals surface area contributed by atoms with E-state index in [0.717, 1.165) is 0 Å². The third-order valence-corrected chi connectivity index (χ3v) is 3.55. The van der Waals surface area contributed by atoms with Gasteiger partial charge in [-0.3, -0.25) is 19.2 Å². The van der Waals surface area contributed by atoms with E-state index in [-0.39, 0.29) is 5.92 Å². The summed E-state index contributed by atoms with van der Waals surface area (Å²) in [6.07, 6.45) is 2.72. The Morgan fingerprint density at radius 3 is 2.16 bits per heavy atom. The molecule has 0 saturated carbocycles. The van der Waals surface area contributed by atoms with Gasteiger partial charge in [-0.15, -0.1) is 0 Å². The maximum atomic E-state index is 12.1. The third-order valence-electron chi connectivity index (χ3n) is 3.55. The van der Waals surface area contributed by atoms with E-state index in [1.54, 1.807) is 33.8 Å². The van der Waals surface area contributed by atoms with Crippen LogP contribution in [0.3, 0.4) is 0 Å².